The van der Waals surface area contributed by atoms with E-state index < -0.39 is 12.1 Å². The van der Waals surface area contributed by atoms with Gasteiger partial charge < -0.3 is 14.6 Å². The molecule has 6 nitrogen and oxygen atoms in total. The summed E-state index contributed by atoms with van der Waals surface area (Å²) < 4.78 is 47.6. The summed E-state index contributed by atoms with van der Waals surface area (Å²) in [5, 5.41) is 6.39. The highest BCUT2D eigenvalue weighted by molar-refractivity contribution is 5.95. The summed E-state index contributed by atoms with van der Waals surface area (Å²) in [6.07, 6.45) is -3.59. The summed E-state index contributed by atoms with van der Waals surface area (Å²) in [6, 6.07) is 6.08. The van der Waals surface area contributed by atoms with Gasteiger partial charge in [0.1, 0.15) is 0 Å². The minimum absolute atomic E-state index is 0.0312. The van der Waals surface area contributed by atoms with Crippen LogP contribution in [0.4, 0.5) is 13.2 Å². The van der Waals surface area contributed by atoms with Crippen LogP contribution >= 0.6 is 0 Å². The van der Waals surface area contributed by atoms with E-state index in [1.807, 2.05) is 0 Å². The summed E-state index contributed by atoms with van der Waals surface area (Å²) in [5.74, 6) is -1.49. The Morgan fingerprint density at radius 1 is 1.26 bits per heavy atom. The lowest BCUT2D eigenvalue weighted by atomic mass is 9.57. The zero-order valence-electron chi connectivity index (χ0n) is 14.7. The number of hydrogen-bond acceptors (Lipinski definition) is 5. The van der Waals surface area contributed by atoms with Crippen LogP contribution < -0.4 is 5.32 Å². The molecule has 1 aliphatic carbocycles. The quantitative estimate of drug-likeness (QED) is 0.883. The van der Waals surface area contributed by atoms with E-state index in [2.05, 4.69) is 33.8 Å². The summed E-state index contributed by atoms with van der Waals surface area (Å²) >= 11 is 0. The topological polar surface area (TPSA) is 77.3 Å². The first-order chi connectivity index (χ1) is 12.7. The molecule has 1 saturated carbocycles. The highest BCUT2D eigenvalue weighted by Crippen LogP contribution is 2.52. The number of ether oxygens (including phenoxy) is 1. The Labute approximate surface area is 153 Å². The van der Waals surface area contributed by atoms with Crippen molar-refractivity contribution in [3.8, 4) is 11.4 Å². The highest BCUT2D eigenvalue weighted by atomic mass is 19.4. The number of amides is 1. The number of nitrogens with zero attached hydrogens (tertiary/aromatic N) is 2. The fourth-order valence-corrected chi connectivity index (χ4v) is 4.07. The number of carbonyl (C=O) groups excluding carboxylic acids is 1. The van der Waals surface area contributed by atoms with E-state index in [9.17, 15) is 18.0 Å². The van der Waals surface area contributed by atoms with E-state index in [4.69, 9.17) is 4.74 Å². The molecule has 0 radical (unpaired) electrons. The van der Waals surface area contributed by atoms with Gasteiger partial charge >= 0.3 is 12.1 Å². The van der Waals surface area contributed by atoms with Crippen LogP contribution in [0.2, 0.25) is 0 Å². The minimum atomic E-state index is -4.69. The van der Waals surface area contributed by atoms with Gasteiger partial charge in [-0.25, -0.2) is 0 Å². The minimum Gasteiger partial charge on any atom is -0.377 e. The second kappa shape index (κ2) is 6.05. The van der Waals surface area contributed by atoms with Crippen LogP contribution in [0.5, 0.6) is 0 Å². The molecule has 4 rings (SSSR count). The standard InChI is InChI=1S/C18H18F3N3O3/c1-17(2)12(11-7-8-26-13(11)17)22-15(25)10-5-3-9(4-6-10)14-23-16(27-24-14)18(19,20)21/h3-6,11-13H,7-8H2,1-2H3,(H,22,25)/t11-,12+,13-/m0/s1. The van der Waals surface area contributed by atoms with Crippen molar-refractivity contribution in [3.05, 3.63) is 35.7 Å². The molecule has 3 atom stereocenters. The van der Waals surface area contributed by atoms with E-state index in [1.165, 1.54) is 24.3 Å². The first-order valence-corrected chi connectivity index (χ1v) is 8.62. The predicted molar refractivity (Wildman–Crippen MR) is 87.6 cm³/mol. The monoisotopic (exact) mass is 381 g/mol. The second-order valence-electron chi connectivity index (χ2n) is 7.51. The van der Waals surface area contributed by atoms with E-state index in [1.54, 1.807) is 0 Å². The van der Waals surface area contributed by atoms with Gasteiger partial charge in [-0.3, -0.25) is 4.79 Å². The average molecular weight is 381 g/mol. The number of rotatable bonds is 3. The van der Waals surface area contributed by atoms with Gasteiger partial charge in [-0.2, -0.15) is 18.2 Å². The van der Waals surface area contributed by atoms with Crippen molar-refractivity contribution < 1.29 is 27.2 Å². The number of carbonyl (C=O) groups is 1. The molecule has 1 aromatic carbocycles. The summed E-state index contributed by atoms with van der Waals surface area (Å²) in [6.45, 7) is 4.86. The van der Waals surface area contributed by atoms with Gasteiger partial charge in [-0.05, 0) is 18.6 Å². The Morgan fingerprint density at radius 2 is 1.96 bits per heavy atom. The van der Waals surface area contributed by atoms with Crippen LogP contribution in [-0.2, 0) is 10.9 Å². The van der Waals surface area contributed by atoms with Crippen LogP contribution in [0, 0.1) is 11.3 Å². The van der Waals surface area contributed by atoms with Crippen LogP contribution in [0.15, 0.2) is 28.8 Å². The van der Waals surface area contributed by atoms with Crippen molar-refractivity contribution in [2.24, 2.45) is 11.3 Å². The normalized spacial score (nSPS) is 26.3. The molecule has 9 heteroatoms. The molecule has 0 spiro atoms. The van der Waals surface area contributed by atoms with E-state index in [-0.39, 0.29) is 29.3 Å². The van der Waals surface area contributed by atoms with Crippen LogP contribution in [0.25, 0.3) is 11.4 Å². The average Bonchev–Trinajstić information content (AvgIpc) is 3.27. The lowest BCUT2D eigenvalue weighted by molar-refractivity contribution is -0.159. The molecule has 2 fully saturated rings. The van der Waals surface area contributed by atoms with Crippen molar-refractivity contribution in [1.29, 1.82) is 0 Å². The molecule has 1 amide bonds. The molecule has 27 heavy (non-hydrogen) atoms. The second-order valence-corrected chi connectivity index (χ2v) is 7.51. The summed E-state index contributed by atoms with van der Waals surface area (Å²) in [4.78, 5) is 15.9. The van der Waals surface area contributed by atoms with Crippen molar-refractivity contribution >= 4 is 5.91 Å². The third kappa shape index (κ3) is 2.99. The van der Waals surface area contributed by atoms with Crippen molar-refractivity contribution in [2.75, 3.05) is 6.61 Å². The maximum atomic E-state index is 12.6. The van der Waals surface area contributed by atoms with Crippen LogP contribution in [0.1, 0.15) is 36.5 Å². The molecule has 2 aromatic rings. The van der Waals surface area contributed by atoms with E-state index in [0.29, 0.717) is 23.7 Å². The van der Waals surface area contributed by atoms with Gasteiger partial charge in [-0.1, -0.05) is 31.1 Å². The molecule has 2 aliphatic rings. The lowest BCUT2D eigenvalue weighted by Gasteiger charge is -2.54. The number of hydrogen-bond donors (Lipinski definition) is 1. The molecule has 0 unspecified atom stereocenters. The molecular formula is C18H18F3N3O3. The summed E-state index contributed by atoms with van der Waals surface area (Å²) in [5.41, 5.74) is 0.616. The zero-order valence-corrected chi connectivity index (χ0v) is 14.7. The Balaban J connectivity index is 1.46. The van der Waals surface area contributed by atoms with Crippen molar-refractivity contribution in [3.63, 3.8) is 0 Å². The zero-order chi connectivity index (χ0) is 19.4. The molecule has 1 aromatic heterocycles. The maximum absolute atomic E-state index is 12.6. The predicted octanol–water partition coefficient (Wildman–Crippen LogP) is 3.30. The fourth-order valence-electron chi connectivity index (χ4n) is 4.07. The number of alkyl halides is 3. The van der Waals surface area contributed by atoms with Gasteiger partial charge in [-0.15, -0.1) is 0 Å². The molecule has 1 aliphatic heterocycles. The third-order valence-corrected chi connectivity index (χ3v) is 5.46. The smallest absolute Gasteiger partial charge is 0.377 e. The molecule has 1 saturated heterocycles. The molecule has 1 N–H and O–H groups in total. The van der Waals surface area contributed by atoms with Gasteiger partial charge in [0.05, 0.1) is 6.10 Å². The highest BCUT2D eigenvalue weighted by Gasteiger charge is 2.59. The molecule has 144 valence electrons. The van der Waals surface area contributed by atoms with Crippen LogP contribution in [-0.4, -0.2) is 34.8 Å². The number of aromatic nitrogens is 2. The maximum Gasteiger partial charge on any atom is 0.471 e. The first kappa shape index (κ1) is 18.0. The Morgan fingerprint density at radius 3 is 2.59 bits per heavy atom. The third-order valence-electron chi connectivity index (χ3n) is 5.46. The van der Waals surface area contributed by atoms with Gasteiger partial charge in [0.2, 0.25) is 5.82 Å². The van der Waals surface area contributed by atoms with Crippen molar-refractivity contribution in [2.45, 2.75) is 38.6 Å². The number of benzene rings is 1. The SMILES string of the molecule is CC1(C)[C@H](NC(=O)c2ccc(-c3noc(C(F)(F)F)n3)cc2)[C@@H]2CCO[C@@H]21. The van der Waals surface area contributed by atoms with Gasteiger partial charge in [0.25, 0.3) is 5.91 Å². The largest absolute Gasteiger partial charge is 0.471 e. The van der Waals surface area contributed by atoms with Gasteiger partial charge in [0.15, 0.2) is 0 Å². The van der Waals surface area contributed by atoms with E-state index >= 15 is 0 Å². The number of fused-ring (bicyclic) bond motifs is 1. The van der Waals surface area contributed by atoms with Gasteiger partial charge in [0, 0.05) is 35.1 Å². The van der Waals surface area contributed by atoms with E-state index in [0.717, 1.165) is 6.42 Å². The summed E-state index contributed by atoms with van der Waals surface area (Å²) in [7, 11) is 0. The first-order valence-electron chi connectivity index (χ1n) is 8.62. The van der Waals surface area contributed by atoms with Crippen molar-refractivity contribution in [1.82, 2.24) is 15.5 Å². The number of nitrogens with one attached hydrogen (secondary N) is 1. The molecule has 2 heterocycles. The Hall–Kier alpha value is -2.42. The molecular weight excluding hydrogens is 363 g/mol. The van der Waals surface area contributed by atoms with Crippen LogP contribution in [0.3, 0.4) is 0 Å². The molecule has 0 bridgehead atoms. The Kier molecular flexibility index (Phi) is 4.03. The lowest BCUT2D eigenvalue weighted by Crippen LogP contribution is -2.66. The Bertz CT molecular complexity index is 861. The number of halogens is 3. The fraction of sp³-hybridized carbons (Fsp3) is 0.500.